The summed E-state index contributed by atoms with van der Waals surface area (Å²) in [5.74, 6) is -1.12. The Bertz CT molecular complexity index is 184. The summed E-state index contributed by atoms with van der Waals surface area (Å²) in [5.41, 5.74) is 6.90. The van der Waals surface area contributed by atoms with Crippen molar-refractivity contribution >= 4 is 11.8 Å². The standard InChI is InChI=1S/C7H15N3O3/c1-5(3-9-2)7(12)10-13-4-6(8)11/h5,9H,3-4H2,1-2H3,(H2,8,11)(H,10,12). The molecule has 0 radical (unpaired) electrons. The Morgan fingerprint density at radius 3 is 2.62 bits per heavy atom. The van der Waals surface area contributed by atoms with E-state index in [0.717, 1.165) is 0 Å². The van der Waals surface area contributed by atoms with E-state index in [1.165, 1.54) is 0 Å². The van der Waals surface area contributed by atoms with E-state index in [4.69, 9.17) is 5.73 Å². The second-order valence-corrected chi connectivity index (χ2v) is 2.68. The van der Waals surface area contributed by atoms with Crippen molar-refractivity contribution < 1.29 is 14.4 Å². The largest absolute Gasteiger partial charge is 0.368 e. The van der Waals surface area contributed by atoms with Gasteiger partial charge >= 0.3 is 0 Å². The highest BCUT2D eigenvalue weighted by molar-refractivity contribution is 5.78. The number of amides is 2. The minimum Gasteiger partial charge on any atom is -0.368 e. The van der Waals surface area contributed by atoms with E-state index in [-0.39, 0.29) is 18.4 Å². The van der Waals surface area contributed by atoms with Crippen molar-refractivity contribution in [3.8, 4) is 0 Å². The van der Waals surface area contributed by atoms with Gasteiger partial charge in [-0.2, -0.15) is 0 Å². The van der Waals surface area contributed by atoms with Gasteiger partial charge in [0.05, 0.1) is 0 Å². The van der Waals surface area contributed by atoms with Crippen molar-refractivity contribution in [1.29, 1.82) is 0 Å². The molecule has 0 spiro atoms. The maximum atomic E-state index is 11.1. The summed E-state index contributed by atoms with van der Waals surface area (Å²) in [7, 11) is 1.74. The van der Waals surface area contributed by atoms with E-state index in [9.17, 15) is 9.59 Å². The Hall–Kier alpha value is -1.14. The van der Waals surface area contributed by atoms with Crippen LogP contribution in [0, 0.1) is 5.92 Å². The lowest BCUT2D eigenvalue weighted by molar-refractivity contribution is -0.140. The molecule has 6 heteroatoms. The van der Waals surface area contributed by atoms with Gasteiger partial charge in [-0.25, -0.2) is 5.48 Å². The summed E-state index contributed by atoms with van der Waals surface area (Å²) in [5, 5.41) is 2.84. The molecule has 0 aliphatic rings. The highest BCUT2D eigenvalue weighted by atomic mass is 16.7. The molecule has 2 amide bonds. The molecule has 6 nitrogen and oxygen atoms in total. The van der Waals surface area contributed by atoms with Crippen LogP contribution in [0.3, 0.4) is 0 Å². The van der Waals surface area contributed by atoms with Gasteiger partial charge in [0.1, 0.15) is 0 Å². The number of hydrogen-bond donors (Lipinski definition) is 3. The molecule has 0 heterocycles. The van der Waals surface area contributed by atoms with Crippen LogP contribution in [-0.2, 0) is 14.4 Å². The lowest BCUT2D eigenvalue weighted by Crippen LogP contribution is -2.36. The third-order valence-electron chi connectivity index (χ3n) is 1.35. The lowest BCUT2D eigenvalue weighted by Gasteiger charge is -2.10. The Balaban J connectivity index is 3.55. The minimum absolute atomic E-state index is 0.210. The first-order valence-electron chi connectivity index (χ1n) is 3.92. The van der Waals surface area contributed by atoms with Gasteiger partial charge in [-0.1, -0.05) is 6.92 Å². The van der Waals surface area contributed by atoms with Crippen molar-refractivity contribution in [2.24, 2.45) is 11.7 Å². The molecule has 0 aliphatic heterocycles. The molecule has 76 valence electrons. The fourth-order valence-electron chi connectivity index (χ4n) is 0.678. The van der Waals surface area contributed by atoms with Crippen molar-refractivity contribution in [2.75, 3.05) is 20.2 Å². The van der Waals surface area contributed by atoms with Crippen LogP contribution in [0.15, 0.2) is 0 Å². The van der Waals surface area contributed by atoms with E-state index >= 15 is 0 Å². The fraction of sp³-hybridized carbons (Fsp3) is 0.714. The first-order chi connectivity index (χ1) is 6.07. The molecule has 0 fully saturated rings. The normalized spacial score (nSPS) is 12.2. The van der Waals surface area contributed by atoms with Crippen molar-refractivity contribution in [3.63, 3.8) is 0 Å². The third kappa shape index (κ3) is 6.06. The quantitative estimate of drug-likeness (QED) is 0.437. The average Bonchev–Trinajstić information content (AvgIpc) is 2.04. The highest BCUT2D eigenvalue weighted by Crippen LogP contribution is 1.91. The summed E-state index contributed by atoms with van der Waals surface area (Å²) >= 11 is 0. The zero-order valence-electron chi connectivity index (χ0n) is 7.79. The summed E-state index contributed by atoms with van der Waals surface area (Å²) in [6.07, 6.45) is 0. The van der Waals surface area contributed by atoms with Gasteiger partial charge in [0, 0.05) is 12.5 Å². The maximum Gasteiger partial charge on any atom is 0.247 e. The topological polar surface area (TPSA) is 93.4 Å². The predicted molar refractivity (Wildman–Crippen MR) is 46.4 cm³/mol. The van der Waals surface area contributed by atoms with Crippen LogP contribution >= 0.6 is 0 Å². The first-order valence-corrected chi connectivity index (χ1v) is 3.92. The fourth-order valence-corrected chi connectivity index (χ4v) is 0.678. The van der Waals surface area contributed by atoms with Crippen LogP contribution in [0.4, 0.5) is 0 Å². The lowest BCUT2D eigenvalue weighted by atomic mass is 10.2. The first kappa shape index (κ1) is 11.9. The van der Waals surface area contributed by atoms with Gasteiger partial charge in [-0.3, -0.25) is 14.4 Å². The average molecular weight is 189 g/mol. The molecule has 0 saturated carbocycles. The smallest absolute Gasteiger partial charge is 0.247 e. The molecule has 0 saturated heterocycles. The van der Waals surface area contributed by atoms with Crippen LogP contribution in [0.25, 0.3) is 0 Å². The van der Waals surface area contributed by atoms with E-state index in [1.807, 2.05) is 0 Å². The zero-order chi connectivity index (χ0) is 10.3. The van der Waals surface area contributed by atoms with Gasteiger partial charge < -0.3 is 11.1 Å². The predicted octanol–water partition coefficient (Wildman–Crippen LogP) is -1.62. The maximum absolute atomic E-state index is 11.1. The molecule has 0 bridgehead atoms. The van der Waals surface area contributed by atoms with Crippen molar-refractivity contribution in [1.82, 2.24) is 10.8 Å². The Kier molecular flexibility index (Phi) is 5.82. The molecule has 0 aromatic rings. The molecule has 0 aromatic heterocycles. The Morgan fingerprint density at radius 2 is 2.15 bits per heavy atom. The second-order valence-electron chi connectivity index (χ2n) is 2.68. The SMILES string of the molecule is CNCC(C)C(=O)NOCC(N)=O. The molecule has 0 rings (SSSR count). The third-order valence-corrected chi connectivity index (χ3v) is 1.35. The van der Waals surface area contributed by atoms with E-state index in [1.54, 1.807) is 14.0 Å². The molecule has 1 unspecified atom stereocenters. The molecular formula is C7H15N3O3. The second kappa shape index (κ2) is 6.38. The van der Waals surface area contributed by atoms with Gasteiger partial charge in [-0.05, 0) is 7.05 Å². The summed E-state index contributed by atoms with van der Waals surface area (Å²) in [6.45, 7) is 1.98. The number of primary amides is 1. The number of rotatable bonds is 6. The van der Waals surface area contributed by atoms with Crippen LogP contribution < -0.4 is 16.5 Å². The summed E-state index contributed by atoms with van der Waals surface area (Å²) < 4.78 is 0. The van der Waals surface area contributed by atoms with Crippen LogP contribution in [-0.4, -0.2) is 32.0 Å². The molecular weight excluding hydrogens is 174 g/mol. The molecule has 0 aliphatic carbocycles. The van der Waals surface area contributed by atoms with E-state index < -0.39 is 5.91 Å². The Labute approximate surface area is 76.8 Å². The molecule has 0 aromatic carbocycles. The van der Waals surface area contributed by atoms with Crippen LogP contribution in [0.2, 0.25) is 0 Å². The highest BCUT2D eigenvalue weighted by Gasteiger charge is 2.11. The number of nitrogens with two attached hydrogens (primary N) is 1. The van der Waals surface area contributed by atoms with Crippen molar-refractivity contribution in [2.45, 2.75) is 6.92 Å². The number of nitrogens with one attached hydrogen (secondary N) is 2. The molecule has 4 N–H and O–H groups in total. The number of carbonyl (C=O) groups is 2. The summed E-state index contributed by atoms with van der Waals surface area (Å²) in [4.78, 5) is 25.8. The number of hydroxylamine groups is 1. The van der Waals surface area contributed by atoms with Gasteiger partial charge in [0.15, 0.2) is 6.61 Å². The molecule has 1 atom stereocenters. The zero-order valence-corrected chi connectivity index (χ0v) is 7.79. The van der Waals surface area contributed by atoms with Crippen molar-refractivity contribution in [3.05, 3.63) is 0 Å². The minimum atomic E-state index is -0.624. The summed E-state index contributed by atoms with van der Waals surface area (Å²) in [6, 6.07) is 0. The van der Waals surface area contributed by atoms with Gasteiger partial charge in [0.2, 0.25) is 11.8 Å². The molecule has 13 heavy (non-hydrogen) atoms. The van der Waals surface area contributed by atoms with Gasteiger partial charge in [0.25, 0.3) is 0 Å². The van der Waals surface area contributed by atoms with Crippen LogP contribution in [0.1, 0.15) is 6.92 Å². The van der Waals surface area contributed by atoms with E-state index in [0.29, 0.717) is 6.54 Å². The van der Waals surface area contributed by atoms with E-state index in [2.05, 4.69) is 15.6 Å². The monoisotopic (exact) mass is 189 g/mol. The van der Waals surface area contributed by atoms with Crippen LogP contribution in [0.5, 0.6) is 0 Å². The number of hydrogen-bond acceptors (Lipinski definition) is 4. The Morgan fingerprint density at radius 1 is 1.54 bits per heavy atom. The van der Waals surface area contributed by atoms with Gasteiger partial charge in [-0.15, -0.1) is 0 Å². The number of carbonyl (C=O) groups excluding carboxylic acids is 2.